The first-order valence-electron chi connectivity index (χ1n) is 11.1. The van der Waals surface area contributed by atoms with Gasteiger partial charge in [0, 0.05) is 19.0 Å². The van der Waals surface area contributed by atoms with Gasteiger partial charge in [0.1, 0.15) is 11.9 Å². The van der Waals surface area contributed by atoms with E-state index in [0.29, 0.717) is 26.4 Å². The molecule has 1 fully saturated rings. The maximum absolute atomic E-state index is 12.4. The third-order valence-electron chi connectivity index (χ3n) is 4.34. The molecule has 0 atom stereocenters. The van der Waals surface area contributed by atoms with Crippen molar-refractivity contribution in [2.45, 2.75) is 71.4 Å². The Morgan fingerprint density at radius 2 is 1.56 bits per heavy atom. The van der Waals surface area contributed by atoms with Gasteiger partial charge in [-0.05, 0) is 53.6 Å². The Kier molecular flexibility index (Phi) is 16.4. The van der Waals surface area contributed by atoms with E-state index in [0.717, 1.165) is 32.2 Å². The van der Waals surface area contributed by atoms with Crippen LogP contribution in [0.3, 0.4) is 0 Å². The number of carbonyl (C=O) groups excluding carboxylic acids is 3. The summed E-state index contributed by atoms with van der Waals surface area (Å²) >= 11 is 0. The number of aldehydes is 1. The fraction of sp³-hybridized carbons (Fsp3) is 0.818. The quantitative estimate of drug-likeness (QED) is 0.238. The highest BCUT2D eigenvalue weighted by molar-refractivity contribution is 5.81. The summed E-state index contributed by atoms with van der Waals surface area (Å²) in [4.78, 5) is 45.3. The van der Waals surface area contributed by atoms with Crippen LogP contribution in [0.2, 0.25) is 0 Å². The Morgan fingerprint density at radius 3 is 2.09 bits per heavy atom. The second kappa shape index (κ2) is 17.5. The monoisotopic (exact) mass is 460 g/mol. The lowest BCUT2D eigenvalue weighted by Crippen LogP contribution is -2.47. The predicted octanol–water partition coefficient (Wildman–Crippen LogP) is 1.40. The van der Waals surface area contributed by atoms with Gasteiger partial charge in [-0.1, -0.05) is 0 Å². The molecule has 0 saturated carbocycles. The zero-order valence-electron chi connectivity index (χ0n) is 19.9. The molecule has 1 heterocycles. The summed E-state index contributed by atoms with van der Waals surface area (Å²) in [7, 11) is 0. The van der Waals surface area contributed by atoms with Crippen molar-refractivity contribution in [2.75, 3.05) is 46.1 Å². The number of aliphatic carboxylic acids is 1. The summed E-state index contributed by atoms with van der Waals surface area (Å²) in [6, 6.07) is 0.117. The van der Waals surface area contributed by atoms with Crippen LogP contribution in [0, 0.1) is 0 Å². The molecule has 2 N–H and O–H groups in total. The molecule has 10 nitrogen and oxygen atoms in total. The topological polar surface area (TPSA) is 131 Å². The number of carboxylic acids is 1. The molecule has 186 valence electrons. The summed E-state index contributed by atoms with van der Waals surface area (Å²) in [6.07, 6.45) is 2.50. The van der Waals surface area contributed by atoms with Crippen molar-refractivity contribution < 1.29 is 38.5 Å². The largest absolute Gasteiger partial charge is 0.481 e. The zero-order valence-corrected chi connectivity index (χ0v) is 19.9. The van der Waals surface area contributed by atoms with Gasteiger partial charge in [0.15, 0.2) is 0 Å². The minimum absolute atomic E-state index is 0.00698. The smallest absolute Gasteiger partial charge is 0.308 e. The molecule has 0 aromatic carbocycles. The summed E-state index contributed by atoms with van der Waals surface area (Å²) in [5.74, 6) is -1.41. The number of carbonyl (C=O) groups is 4. The van der Waals surface area contributed by atoms with Crippen molar-refractivity contribution in [3.05, 3.63) is 0 Å². The van der Waals surface area contributed by atoms with Gasteiger partial charge in [0.25, 0.3) is 0 Å². The van der Waals surface area contributed by atoms with E-state index in [4.69, 9.17) is 24.1 Å². The van der Waals surface area contributed by atoms with Gasteiger partial charge >= 0.3 is 11.9 Å². The van der Waals surface area contributed by atoms with Crippen molar-refractivity contribution in [1.82, 2.24) is 10.2 Å². The molecule has 1 saturated heterocycles. The number of ether oxygens (including phenoxy) is 3. The second-order valence-electron chi connectivity index (χ2n) is 8.26. The van der Waals surface area contributed by atoms with Crippen LogP contribution in [0.1, 0.15) is 59.8 Å². The molecule has 0 unspecified atom stereocenters. The summed E-state index contributed by atoms with van der Waals surface area (Å²) < 4.78 is 16.1. The number of nitrogens with one attached hydrogen (secondary N) is 1. The van der Waals surface area contributed by atoms with Crippen LogP contribution in [-0.4, -0.2) is 91.8 Å². The third kappa shape index (κ3) is 16.6. The third-order valence-corrected chi connectivity index (χ3v) is 4.34. The Labute approximate surface area is 190 Å². The molecule has 0 aromatic rings. The normalized spacial score (nSPS) is 14.1. The molecule has 1 aliphatic rings. The van der Waals surface area contributed by atoms with Gasteiger partial charge in [-0.15, -0.1) is 0 Å². The second-order valence-corrected chi connectivity index (χ2v) is 8.26. The van der Waals surface area contributed by atoms with Crippen LogP contribution in [0.25, 0.3) is 0 Å². The van der Waals surface area contributed by atoms with Crippen LogP contribution < -0.4 is 5.32 Å². The van der Waals surface area contributed by atoms with Gasteiger partial charge in [-0.2, -0.15) is 0 Å². The highest BCUT2D eigenvalue weighted by Gasteiger charge is 2.25. The van der Waals surface area contributed by atoms with E-state index in [9.17, 15) is 14.4 Å². The van der Waals surface area contributed by atoms with Crippen LogP contribution in [0.4, 0.5) is 0 Å². The molecule has 1 rings (SSSR count). The number of hydrogen-bond donors (Lipinski definition) is 2. The number of esters is 1. The van der Waals surface area contributed by atoms with Crippen molar-refractivity contribution in [3.8, 4) is 0 Å². The molecular formula is C22H40N2O8. The van der Waals surface area contributed by atoms with E-state index in [1.54, 1.807) is 4.90 Å². The lowest BCUT2D eigenvalue weighted by atomic mass is 10.0. The van der Waals surface area contributed by atoms with Gasteiger partial charge in [-0.3, -0.25) is 14.4 Å². The number of rotatable bonds is 13. The maximum Gasteiger partial charge on any atom is 0.308 e. The van der Waals surface area contributed by atoms with Gasteiger partial charge in [-0.25, -0.2) is 0 Å². The molecule has 0 aromatic heterocycles. The van der Waals surface area contributed by atoms with Gasteiger partial charge < -0.3 is 34.3 Å². The summed E-state index contributed by atoms with van der Waals surface area (Å²) in [5.41, 5.74) is -0.498. The first-order valence-corrected chi connectivity index (χ1v) is 11.1. The first-order chi connectivity index (χ1) is 15.1. The lowest BCUT2D eigenvalue weighted by Gasteiger charge is -2.34. The SMILES string of the molecule is CC(C)(C)OC(=O)CCOCCOCCN(C(=O)CCC(=O)O)C1CCNCC1.CC=O. The van der Waals surface area contributed by atoms with E-state index in [2.05, 4.69) is 5.32 Å². The highest BCUT2D eigenvalue weighted by Crippen LogP contribution is 2.14. The minimum Gasteiger partial charge on any atom is -0.481 e. The summed E-state index contributed by atoms with van der Waals surface area (Å²) in [6.45, 7) is 10.4. The van der Waals surface area contributed by atoms with E-state index in [1.807, 2.05) is 20.8 Å². The van der Waals surface area contributed by atoms with Crippen LogP contribution in [0.5, 0.6) is 0 Å². The number of piperidine rings is 1. The van der Waals surface area contributed by atoms with Crippen LogP contribution >= 0.6 is 0 Å². The lowest BCUT2D eigenvalue weighted by molar-refractivity contribution is -0.156. The molecule has 1 amide bonds. The molecule has 0 aliphatic carbocycles. The number of amides is 1. The van der Waals surface area contributed by atoms with Gasteiger partial charge in [0.2, 0.25) is 5.91 Å². The number of carboxylic acid groups (broad SMARTS) is 1. The molecule has 10 heteroatoms. The predicted molar refractivity (Wildman–Crippen MR) is 118 cm³/mol. The van der Waals surface area contributed by atoms with Crippen molar-refractivity contribution in [1.29, 1.82) is 0 Å². The maximum atomic E-state index is 12.4. The fourth-order valence-corrected chi connectivity index (χ4v) is 3.02. The average Bonchev–Trinajstić information content (AvgIpc) is 2.71. The summed E-state index contributed by atoms with van der Waals surface area (Å²) in [5, 5.41) is 12.1. The Hall–Kier alpha value is -2.04. The molecule has 1 aliphatic heterocycles. The van der Waals surface area contributed by atoms with E-state index in [1.165, 1.54) is 6.92 Å². The Bertz CT molecular complexity index is 557. The first kappa shape index (κ1) is 30.0. The average molecular weight is 461 g/mol. The number of hydrogen-bond acceptors (Lipinski definition) is 8. The van der Waals surface area contributed by atoms with Gasteiger partial charge in [0.05, 0.1) is 39.3 Å². The molecule has 0 bridgehead atoms. The van der Waals surface area contributed by atoms with Crippen LogP contribution in [-0.2, 0) is 33.4 Å². The highest BCUT2D eigenvalue weighted by atomic mass is 16.6. The Morgan fingerprint density at radius 1 is 1.00 bits per heavy atom. The fourth-order valence-electron chi connectivity index (χ4n) is 3.02. The minimum atomic E-state index is -0.969. The molecule has 32 heavy (non-hydrogen) atoms. The number of nitrogens with zero attached hydrogens (tertiary/aromatic N) is 1. The van der Waals surface area contributed by atoms with E-state index in [-0.39, 0.29) is 43.8 Å². The van der Waals surface area contributed by atoms with E-state index >= 15 is 0 Å². The standard InChI is InChI=1S/C20H36N2O7.C2H4O/c1-20(2,3)29-19(26)8-12-27-14-15-28-13-11-22(16-6-9-21-10-7-16)17(23)4-5-18(24)25;1-2-3/h16,21H,4-15H2,1-3H3,(H,24,25);2H,1H3. The van der Waals surface area contributed by atoms with Crippen LogP contribution in [0.15, 0.2) is 0 Å². The molecular weight excluding hydrogens is 420 g/mol. The van der Waals surface area contributed by atoms with Crippen molar-refractivity contribution in [2.24, 2.45) is 0 Å². The van der Waals surface area contributed by atoms with Crippen molar-refractivity contribution in [3.63, 3.8) is 0 Å². The Balaban J connectivity index is 0.00000302. The molecule has 0 radical (unpaired) electrons. The zero-order chi connectivity index (χ0) is 24.4. The molecule has 0 spiro atoms. The van der Waals surface area contributed by atoms with E-state index < -0.39 is 11.6 Å². The van der Waals surface area contributed by atoms with Crippen molar-refractivity contribution >= 4 is 24.1 Å².